The number of hydrogen-bond donors (Lipinski definition) is 1. The zero-order valence-electron chi connectivity index (χ0n) is 13.5. The first-order valence-corrected chi connectivity index (χ1v) is 9.36. The van der Waals surface area contributed by atoms with Crippen LogP contribution in [0.5, 0.6) is 0 Å². The lowest BCUT2D eigenvalue weighted by Crippen LogP contribution is -2.33. The second-order valence-electron chi connectivity index (χ2n) is 5.39. The number of sulfonamides is 1. The molecule has 24 heavy (non-hydrogen) atoms. The number of nitrogens with zero attached hydrogens (tertiary/aromatic N) is 2. The molecule has 1 heterocycles. The van der Waals surface area contributed by atoms with Crippen molar-refractivity contribution in [2.75, 3.05) is 22.4 Å². The number of aryl methyl sites for hydroxylation is 2. The van der Waals surface area contributed by atoms with Gasteiger partial charge >= 0.3 is 0 Å². The van der Waals surface area contributed by atoms with E-state index in [-0.39, 0.29) is 24.7 Å². The largest absolute Gasteiger partial charge is 0.360 e. The predicted molar refractivity (Wildman–Crippen MR) is 92.9 cm³/mol. The van der Waals surface area contributed by atoms with Crippen LogP contribution in [0.2, 0.25) is 5.02 Å². The minimum Gasteiger partial charge on any atom is -0.360 e. The van der Waals surface area contributed by atoms with E-state index in [4.69, 9.17) is 16.1 Å². The molecule has 2 aromatic rings. The molecule has 130 valence electrons. The quantitative estimate of drug-likeness (QED) is 0.842. The highest BCUT2D eigenvalue weighted by Gasteiger charge is 2.21. The van der Waals surface area contributed by atoms with Gasteiger partial charge in [-0.2, -0.15) is 0 Å². The smallest absolute Gasteiger partial charge is 0.233 e. The number of halogens is 1. The molecule has 0 radical (unpaired) electrons. The summed E-state index contributed by atoms with van der Waals surface area (Å²) in [7, 11) is -3.57. The van der Waals surface area contributed by atoms with E-state index >= 15 is 0 Å². The first kappa shape index (κ1) is 18.3. The Morgan fingerprint density at radius 2 is 2.04 bits per heavy atom. The SMILES string of the molecule is Cc1cc(N(CCC(=O)Nc2ccc(Cl)cc2C)S(C)(=O)=O)no1. The number of amides is 1. The molecule has 0 saturated heterocycles. The van der Waals surface area contributed by atoms with E-state index in [0.29, 0.717) is 16.5 Å². The lowest BCUT2D eigenvalue weighted by Gasteiger charge is -2.18. The number of nitrogens with one attached hydrogen (secondary N) is 1. The van der Waals surface area contributed by atoms with Gasteiger partial charge in [-0.05, 0) is 37.6 Å². The Morgan fingerprint density at radius 3 is 2.58 bits per heavy atom. The molecule has 7 nitrogen and oxygen atoms in total. The minimum absolute atomic E-state index is 0.0267. The van der Waals surface area contributed by atoms with Gasteiger partial charge in [0.1, 0.15) is 5.76 Å². The normalized spacial score (nSPS) is 11.3. The van der Waals surface area contributed by atoms with Gasteiger partial charge in [-0.15, -0.1) is 0 Å². The third kappa shape index (κ3) is 4.72. The van der Waals surface area contributed by atoms with E-state index < -0.39 is 10.0 Å². The van der Waals surface area contributed by atoms with E-state index in [1.165, 1.54) is 6.07 Å². The number of carbonyl (C=O) groups is 1. The van der Waals surface area contributed by atoms with Crippen LogP contribution in [0.4, 0.5) is 11.5 Å². The maximum Gasteiger partial charge on any atom is 0.233 e. The Hall–Kier alpha value is -2.06. The molecule has 0 aliphatic heterocycles. The van der Waals surface area contributed by atoms with Crippen LogP contribution in [0, 0.1) is 13.8 Å². The zero-order chi connectivity index (χ0) is 17.9. The second-order valence-corrected chi connectivity index (χ2v) is 7.73. The number of rotatable bonds is 6. The average Bonchev–Trinajstić information content (AvgIpc) is 2.87. The van der Waals surface area contributed by atoms with Crippen molar-refractivity contribution in [1.29, 1.82) is 0 Å². The van der Waals surface area contributed by atoms with E-state index in [2.05, 4.69) is 10.5 Å². The Bertz CT molecular complexity index is 848. The molecule has 0 saturated carbocycles. The molecule has 0 aliphatic rings. The van der Waals surface area contributed by atoms with Crippen LogP contribution < -0.4 is 9.62 Å². The van der Waals surface area contributed by atoms with Crippen molar-refractivity contribution in [2.45, 2.75) is 20.3 Å². The fourth-order valence-corrected chi connectivity index (χ4v) is 3.18. The topological polar surface area (TPSA) is 92.5 Å². The van der Waals surface area contributed by atoms with Crippen molar-refractivity contribution < 1.29 is 17.7 Å². The minimum atomic E-state index is -3.57. The Labute approximate surface area is 145 Å². The molecule has 2 rings (SSSR count). The summed E-state index contributed by atoms with van der Waals surface area (Å²) in [6.07, 6.45) is 1.03. The van der Waals surface area contributed by atoms with Crippen molar-refractivity contribution in [2.24, 2.45) is 0 Å². The fourth-order valence-electron chi connectivity index (χ4n) is 2.10. The lowest BCUT2D eigenvalue weighted by molar-refractivity contribution is -0.116. The predicted octanol–water partition coefficient (Wildman–Crippen LogP) is 2.74. The van der Waals surface area contributed by atoms with Gasteiger partial charge in [0.2, 0.25) is 15.9 Å². The Kier molecular flexibility index (Phi) is 5.51. The zero-order valence-corrected chi connectivity index (χ0v) is 15.1. The van der Waals surface area contributed by atoms with Crippen molar-refractivity contribution in [3.8, 4) is 0 Å². The van der Waals surface area contributed by atoms with Crippen LogP contribution in [0.3, 0.4) is 0 Å². The molecule has 1 N–H and O–H groups in total. The van der Waals surface area contributed by atoms with Gasteiger partial charge in [-0.3, -0.25) is 9.10 Å². The van der Waals surface area contributed by atoms with Gasteiger partial charge in [0.25, 0.3) is 0 Å². The number of benzene rings is 1. The van der Waals surface area contributed by atoms with Gasteiger partial charge in [-0.25, -0.2) is 8.42 Å². The van der Waals surface area contributed by atoms with Gasteiger partial charge in [0, 0.05) is 29.7 Å². The summed E-state index contributed by atoms with van der Waals surface area (Å²) < 4.78 is 29.7. The first-order chi connectivity index (χ1) is 11.2. The monoisotopic (exact) mass is 371 g/mol. The summed E-state index contributed by atoms with van der Waals surface area (Å²) in [5, 5.41) is 7.01. The van der Waals surface area contributed by atoms with Crippen LogP contribution in [0.25, 0.3) is 0 Å². The fraction of sp³-hybridized carbons (Fsp3) is 0.333. The number of aromatic nitrogens is 1. The van der Waals surface area contributed by atoms with Gasteiger partial charge in [0.05, 0.1) is 6.26 Å². The van der Waals surface area contributed by atoms with Gasteiger partial charge in [0.15, 0.2) is 5.82 Å². The molecule has 0 spiro atoms. The molecule has 0 aliphatic carbocycles. The van der Waals surface area contributed by atoms with Crippen LogP contribution in [-0.4, -0.2) is 32.3 Å². The first-order valence-electron chi connectivity index (χ1n) is 7.14. The molecule has 1 aromatic heterocycles. The molecule has 0 bridgehead atoms. The van der Waals surface area contributed by atoms with Crippen LogP contribution in [0.15, 0.2) is 28.8 Å². The van der Waals surface area contributed by atoms with Gasteiger partial charge in [-0.1, -0.05) is 16.8 Å². The Morgan fingerprint density at radius 1 is 1.33 bits per heavy atom. The summed E-state index contributed by atoms with van der Waals surface area (Å²) >= 11 is 5.87. The van der Waals surface area contributed by atoms with Crippen LogP contribution in [0.1, 0.15) is 17.7 Å². The van der Waals surface area contributed by atoms with Crippen LogP contribution >= 0.6 is 11.6 Å². The molecule has 0 unspecified atom stereocenters. The number of carbonyl (C=O) groups excluding carboxylic acids is 1. The second kappa shape index (κ2) is 7.23. The molecule has 1 amide bonds. The standard InChI is InChI=1S/C15H18ClN3O4S/c1-10-8-12(16)4-5-13(10)17-15(20)6-7-19(24(3,21)22)14-9-11(2)23-18-14/h4-5,8-9H,6-7H2,1-3H3,(H,17,20). The summed E-state index contributed by atoms with van der Waals surface area (Å²) in [5.74, 6) is 0.333. The highest BCUT2D eigenvalue weighted by molar-refractivity contribution is 7.92. The van der Waals surface area contributed by atoms with E-state index in [0.717, 1.165) is 16.1 Å². The third-order valence-electron chi connectivity index (χ3n) is 3.28. The summed E-state index contributed by atoms with van der Waals surface area (Å²) in [4.78, 5) is 12.1. The van der Waals surface area contributed by atoms with Crippen molar-refractivity contribution in [3.05, 3.63) is 40.6 Å². The highest BCUT2D eigenvalue weighted by Crippen LogP contribution is 2.20. The maximum absolute atomic E-state index is 12.1. The van der Waals surface area contributed by atoms with E-state index in [1.807, 2.05) is 6.92 Å². The summed E-state index contributed by atoms with van der Waals surface area (Å²) in [6.45, 7) is 3.44. The lowest BCUT2D eigenvalue weighted by atomic mass is 10.2. The van der Waals surface area contributed by atoms with Gasteiger partial charge < -0.3 is 9.84 Å². The van der Waals surface area contributed by atoms with Crippen molar-refractivity contribution >= 4 is 39.0 Å². The molecular weight excluding hydrogens is 354 g/mol. The summed E-state index contributed by atoms with van der Waals surface area (Å²) in [6, 6.07) is 6.61. The third-order valence-corrected chi connectivity index (χ3v) is 4.68. The molecular formula is C15H18ClN3O4S. The van der Waals surface area contributed by atoms with E-state index in [9.17, 15) is 13.2 Å². The van der Waals surface area contributed by atoms with Crippen LogP contribution in [-0.2, 0) is 14.8 Å². The maximum atomic E-state index is 12.1. The number of anilines is 2. The average molecular weight is 372 g/mol. The van der Waals surface area contributed by atoms with Crippen molar-refractivity contribution in [1.82, 2.24) is 5.16 Å². The molecule has 0 fully saturated rings. The number of hydrogen-bond acceptors (Lipinski definition) is 5. The van der Waals surface area contributed by atoms with Crippen molar-refractivity contribution in [3.63, 3.8) is 0 Å². The Balaban J connectivity index is 2.05. The molecule has 9 heteroatoms. The molecule has 0 atom stereocenters. The highest BCUT2D eigenvalue weighted by atomic mass is 35.5. The molecule has 1 aromatic carbocycles. The van der Waals surface area contributed by atoms with E-state index in [1.54, 1.807) is 25.1 Å². The summed E-state index contributed by atoms with van der Waals surface area (Å²) in [5.41, 5.74) is 1.45.